The fraction of sp³-hybridized carbons (Fsp3) is 0.333. The Morgan fingerprint density at radius 2 is 2.33 bits per heavy atom. The molecule has 1 aromatic rings. The van der Waals surface area contributed by atoms with Crippen LogP contribution < -0.4 is 0 Å². The molecule has 1 aromatic heterocycles. The summed E-state index contributed by atoms with van der Waals surface area (Å²) in [5.41, 5.74) is 1.34. The number of hydrogen-bond acceptors (Lipinski definition) is 2. The summed E-state index contributed by atoms with van der Waals surface area (Å²) in [4.78, 5) is 6.84. The first-order valence-corrected chi connectivity index (χ1v) is 2.67. The van der Waals surface area contributed by atoms with Gasteiger partial charge in [-0.2, -0.15) is 5.26 Å². The Labute approximate surface area is 54.8 Å². The maximum Gasteiger partial charge on any atom is 0.161 e. The lowest BCUT2D eigenvalue weighted by molar-refractivity contribution is 1.13. The van der Waals surface area contributed by atoms with Gasteiger partial charge in [-0.15, -0.1) is 0 Å². The molecule has 3 heteroatoms. The first-order valence-electron chi connectivity index (χ1n) is 2.67. The molecule has 0 radical (unpaired) electrons. The van der Waals surface area contributed by atoms with E-state index in [9.17, 15) is 0 Å². The number of aromatic nitrogens is 2. The van der Waals surface area contributed by atoms with Crippen LogP contribution >= 0.6 is 0 Å². The van der Waals surface area contributed by atoms with Crippen LogP contribution in [0.15, 0.2) is 0 Å². The second kappa shape index (κ2) is 1.90. The van der Waals surface area contributed by atoms with Crippen molar-refractivity contribution < 1.29 is 1.43 Å². The zero-order valence-corrected chi connectivity index (χ0v) is 5.39. The molecular formula is C6H9N3. The summed E-state index contributed by atoms with van der Waals surface area (Å²) in [5, 5.41) is 8.40. The number of hydrogen-bond donors (Lipinski definition) is 1. The predicted octanol–water partition coefficient (Wildman–Crippen LogP) is 1.14. The number of aryl methyl sites for hydroxylation is 2. The second-order valence-electron chi connectivity index (χ2n) is 1.91. The summed E-state index contributed by atoms with van der Waals surface area (Å²) in [6, 6.07) is 1.97. The third kappa shape index (κ3) is 0.918. The van der Waals surface area contributed by atoms with Gasteiger partial charge in [-0.05, 0) is 13.8 Å². The summed E-state index contributed by atoms with van der Waals surface area (Å²) < 4.78 is 0. The van der Waals surface area contributed by atoms with Crippen LogP contribution in [0.1, 0.15) is 18.6 Å². The van der Waals surface area contributed by atoms with Crippen LogP contribution in [0.3, 0.4) is 0 Å². The maximum atomic E-state index is 8.40. The van der Waals surface area contributed by atoms with Crippen molar-refractivity contribution in [2.75, 3.05) is 0 Å². The molecule has 0 atom stereocenters. The lowest BCUT2D eigenvalue weighted by atomic mass is 10.4. The van der Waals surface area contributed by atoms with E-state index in [2.05, 4.69) is 9.97 Å². The molecule has 0 aliphatic rings. The molecule has 0 saturated heterocycles. The van der Waals surface area contributed by atoms with E-state index < -0.39 is 0 Å². The maximum absolute atomic E-state index is 8.40. The van der Waals surface area contributed by atoms with Crippen molar-refractivity contribution in [3.8, 4) is 6.07 Å². The minimum atomic E-state index is 0. The molecule has 1 N–H and O–H groups in total. The standard InChI is InChI=1S/C6H7N3.H2/c1-4-6(3-7)9-5(2)8-4;/h1-2H3,(H,8,9);1H. The van der Waals surface area contributed by atoms with Crippen LogP contribution in [-0.4, -0.2) is 9.97 Å². The lowest BCUT2D eigenvalue weighted by Gasteiger charge is -1.76. The predicted molar refractivity (Wildman–Crippen MR) is 34.9 cm³/mol. The summed E-state index contributed by atoms with van der Waals surface area (Å²) in [6.07, 6.45) is 0. The van der Waals surface area contributed by atoms with E-state index in [4.69, 9.17) is 5.26 Å². The van der Waals surface area contributed by atoms with E-state index in [1.165, 1.54) is 0 Å². The van der Waals surface area contributed by atoms with E-state index in [1.54, 1.807) is 0 Å². The van der Waals surface area contributed by atoms with E-state index in [0.29, 0.717) is 5.69 Å². The zero-order valence-electron chi connectivity index (χ0n) is 5.39. The highest BCUT2D eigenvalue weighted by atomic mass is 14.9. The van der Waals surface area contributed by atoms with Crippen LogP contribution in [0.4, 0.5) is 0 Å². The van der Waals surface area contributed by atoms with E-state index in [0.717, 1.165) is 11.5 Å². The molecule has 0 spiro atoms. The molecule has 0 aromatic carbocycles. The molecule has 0 fully saturated rings. The highest BCUT2D eigenvalue weighted by Gasteiger charge is 1.99. The van der Waals surface area contributed by atoms with Gasteiger partial charge in [0.2, 0.25) is 0 Å². The summed E-state index contributed by atoms with van der Waals surface area (Å²) in [7, 11) is 0. The Kier molecular flexibility index (Phi) is 1.23. The van der Waals surface area contributed by atoms with Crippen LogP contribution in [0.2, 0.25) is 0 Å². The first-order chi connectivity index (χ1) is 4.24. The van der Waals surface area contributed by atoms with Crippen molar-refractivity contribution in [3.05, 3.63) is 17.2 Å². The number of nitrogens with one attached hydrogen (secondary N) is 1. The number of rotatable bonds is 0. The van der Waals surface area contributed by atoms with Gasteiger partial charge < -0.3 is 4.98 Å². The molecule has 0 aliphatic heterocycles. The molecule has 0 aliphatic carbocycles. The van der Waals surface area contributed by atoms with Gasteiger partial charge in [-0.25, -0.2) is 4.98 Å². The van der Waals surface area contributed by atoms with Crippen LogP contribution in [0, 0.1) is 25.2 Å². The van der Waals surface area contributed by atoms with Crippen molar-refractivity contribution in [2.45, 2.75) is 13.8 Å². The molecule has 0 saturated carbocycles. The van der Waals surface area contributed by atoms with Gasteiger partial charge in [0.25, 0.3) is 0 Å². The number of imidazole rings is 1. The lowest BCUT2D eigenvalue weighted by Crippen LogP contribution is -1.75. The van der Waals surface area contributed by atoms with Gasteiger partial charge in [-0.1, -0.05) is 0 Å². The Hall–Kier alpha value is -1.30. The van der Waals surface area contributed by atoms with Crippen LogP contribution in [0.25, 0.3) is 0 Å². The number of nitrogens with zero attached hydrogens (tertiary/aromatic N) is 2. The largest absolute Gasteiger partial charge is 0.345 e. The van der Waals surface area contributed by atoms with Gasteiger partial charge in [0.05, 0.1) is 0 Å². The van der Waals surface area contributed by atoms with Crippen molar-refractivity contribution in [1.29, 1.82) is 5.26 Å². The second-order valence-corrected chi connectivity index (χ2v) is 1.91. The first kappa shape index (κ1) is 5.83. The Balaban J connectivity index is 0.000000810. The normalized spacial score (nSPS) is 9.00. The van der Waals surface area contributed by atoms with Gasteiger partial charge in [0.1, 0.15) is 11.9 Å². The fourth-order valence-electron chi connectivity index (χ4n) is 0.719. The van der Waals surface area contributed by atoms with Crippen LogP contribution in [-0.2, 0) is 0 Å². The molecule has 0 unspecified atom stereocenters. The third-order valence-electron chi connectivity index (χ3n) is 1.11. The molecule has 1 heterocycles. The molecule has 48 valence electrons. The minimum Gasteiger partial charge on any atom is -0.345 e. The van der Waals surface area contributed by atoms with Gasteiger partial charge in [0.15, 0.2) is 5.69 Å². The fourth-order valence-corrected chi connectivity index (χ4v) is 0.719. The number of aromatic amines is 1. The van der Waals surface area contributed by atoms with Crippen molar-refractivity contribution >= 4 is 0 Å². The number of H-pyrrole nitrogens is 1. The highest BCUT2D eigenvalue weighted by Crippen LogP contribution is 2.00. The molecule has 0 bridgehead atoms. The molecule has 9 heavy (non-hydrogen) atoms. The smallest absolute Gasteiger partial charge is 0.161 e. The van der Waals surface area contributed by atoms with Gasteiger partial charge in [-0.3, -0.25) is 0 Å². The molecule has 3 nitrogen and oxygen atoms in total. The number of nitriles is 1. The summed E-state index contributed by atoms with van der Waals surface area (Å²) in [5.74, 6) is 0.795. The van der Waals surface area contributed by atoms with E-state index in [1.807, 2.05) is 19.9 Å². The van der Waals surface area contributed by atoms with E-state index >= 15 is 0 Å². The molecular weight excluding hydrogens is 114 g/mol. The summed E-state index contributed by atoms with van der Waals surface area (Å²) >= 11 is 0. The summed E-state index contributed by atoms with van der Waals surface area (Å²) in [6.45, 7) is 3.66. The minimum absolute atomic E-state index is 0. The SMILES string of the molecule is Cc1nc(C#N)c(C)[nH]1.[HH]. The quantitative estimate of drug-likeness (QED) is 0.562. The zero-order chi connectivity index (χ0) is 6.85. The van der Waals surface area contributed by atoms with Crippen LogP contribution in [0.5, 0.6) is 0 Å². The monoisotopic (exact) mass is 123 g/mol. The molecule has 0 amide bonds. The Morgan fingerprint density at radius 3 is 2.56 bits per heavy atom. The average Bonchev–Trinajstić information content (AvgIpc) is 2.10. The molecule has 1 rings (SSSR count). The van der Waals surface area contributed by atoms with Gasteiger partial charge in [0, 0.05) is 7.12 Å². The van der Waals surface area contributed by atoms with Crippen molar-refractivity contribution in [3.63, 3.8) is 0 Å². The average molecular weight is 123 g/mol. The Bertz CT molecular complexity index is 258. The Morgan fingerprint density at radius 1 is 1.67 bits per heavy atom. The van der Waals surface area contributed by atoms with Crippen molar-refractivity contribution in [1.82, 2.24) is 9.97 Å². The highest BCUT2D eigenvalue weighted by molar-refractivity contribution is 5.25. The third-order valence-corrected chi connectivity index (χ3v) is 1.11. The van der Waals surface area contributed by atoms with Gasteiger partial charge >= 0.3 is 0 Å². The van der Waals surface area contributed by atoms with E-state index in [-0.39, 0.29) is 1.43 Å². The van der Waals surface area contributed by atoms with Crippen molar-refractivity contribution in [2.24, 2.45) is 0 Å². The topological polar surface area (TPSA) is 52.5 Å².